The summed E-state index contributed by atoms with van der Waals surface area (Å²) in [4.78, 5) is 56.3. The predicted molar refractivity (Wildman–Crippen MR) is 232 cm³/mol. The van der Waals surface area contributed by atoms with Crippen molar-refractivity contribution in [3.63, 3.8) is 0 Å². The summed E-state index contributed by atoms with van der Waals surface area (Å²) in [5.41, 5.74) is 1.49. The Labute approximate surface area is 368 Å². The smallest absolute Gasteiger partial charge is 0.303 e. The van der Waals surface area contributed by atoms with Crippen LogP contribution in [0.4, 0.5) is 0 Å². The van der Waals surface area contributed by atoms with Gasteiger partial charge in [-0.05, 0) is 41.6 Å². The Kier molecular flexibility index (Phi) is 14.4. The second-order valence-corrected chi connectivity index (χ2v) is 23.6. The molecular formula is C46H58N2O12SSi. The zero-order valence-electron chi connectivity index (χ0n) is 36.5. The first-order valence-corrected chi connectivity index (χ1v) is 25.1. The molecule has 11 atom stereocenters. The van der Waals surface area contributed by atoms with E-state index in [4.69, 9.17) is 37.6 Å². The lowest BCUT2D eigenvalue weighted by atomic mass is 9.93. The van der Waals surface area contributed by atoms with Crippen molar-refractivity contribution < 1.29 is 56.8 Å². The molecule has 16 heteroatoms. The van der Waals surface area contributed by atoms with E-state index in [1.165, 1.54) is 30.5 Å². The summed E-state index contributed by atoms with van der Waals surface area (Å²) in [6.45, 7) is 15.4. The van der Waals surface area contributed by atoms with Gasteiger partial charge in [0.05, 0.1) is 37.1 Å². The fourth-order valence-corrected chi connectivity index (χ4v) is 10.4. The molecule has 0 spiro atoms. The zero-order chi connectivity index (χ0) is 44.3. The number of thioether (sulfide) groups is 1. The zero-order valence-corrected chi connectivity index (χ0v) is 38.3. The van der Waals surface area contributed by atoms with Crippen LogP contribution in [0.25, 0.3) is 0 Å². The van der Waals surface area contributed by atoms with Crippen LogP contribution in [0.15, 0.2) is 84.9 Å². The third-order valence-corrected chi connectivity index (χ3v) is 17.6. The first-order valence-electron chi connectivity index (χ1n) is 21.2. The largest absolute Gasteiger partial charge is 0.457 e. The number of imide groups is 1. The number of hydrogen-bond donors (Lipinski definition) is 1. The molecule has 3 saturated heterocycles. The van der Waals surface area contributed by atoms with Crippen LogP contribution in [0.3, 0.4) is 0 Å². The minimum absolute atomic E-state index is 0.0176. The molecule has 3 aromatic rings. The van der Waals surface area contributed by atoms with Crippen molar-refractivity contribution in [3.05, 3.63) is 107 Å². The van der Waals surface area contributed by atoms with Gasteiger partial charge in [0.25, 0.3) is 11.8 Å². The fourth-order valence-electron chi connectivity index (χ4n) is 8.10. The molecule has 3 aromatic carbocycles. The molecule has 0 aromatic heterocycles. The van der Waals surface area contributed by atoms with Gasteiger partial charge in [-0.3, -0.25) is 24.1 Å². The van der Waals surface area contributed by atoms with Crippen LogP contribution in [-0.4, -0.2) is 116 Å². The lowest BCUT2D eigenvalue weighted by molar-refractivity contribution is -0.362. The van der Waals surface area contributed by atoms with Crippen LogP contribution < -0.4 is 5.32 Å². The quantitative estimate of drug-likeness (QED) is 0.108. The maximum Gasteiger partial charge on any atom is 0.303 e. The number of benzene rings is 3. The molecule has 62 heavy (non-hydrogen) atoms. The number of nitrogens with one attached hydrogen (secondary N) is 1. The molecule has 3 fully saturated rings. The van der Waals surface area contributed by atoms with Crippen molar-refractivity contribution in [1.82, 2.24) is 10.2 Å². The standard InChI is InChI=1S/C46H58N2O12SSi/c1-9-61-45-35(47-27(2)49)39(55-28(3)50)37(33(57-45)25-53-24-29-18-12-10-13-19-29)59-44-36(48-41(51)31-22-16-17-23-32(31)42(48)52)40(60-62(7,8)46(4,5)6)38-34(56-44)26-54-43(58-38)30-20-14-11-15-21-30/h10-23,33-40,43-45H,9,24-26H2,1-8H3,(H,47,49)/t33-,34-,35-,36-,37+,38+,39-,40-,43+,44+,45+/m1/s1. The van der Waals surface area contributed by atoms with Gasteiger partial charge >= 0.3 is 5.97 Å². The number of carbonyl (C=O) groups excluding carboxylic acids is 4. The van der Waals surface area contributed by atoms with E-state index in [1.54, 1.807) is 24.3 Å². The van der Waals surface area contributed by atoms with E-state index < -0.39 is 92.8 Å². The van der Waals surface area contributed by atoms with Crippen LogP contribution in [0.5, 0.6) is 0 Å². The lowest BCUT2D eigenvalue weighted by Gasteiger charge is -2.55. The molecule has 0 saturated carbocycles. The Hall–Kier alpha value is -3.97. The van der Waals surface area contributed by atoms with Crippen LogP contribution in [-0.2, 0) is 53.8 Å². The van der Waals surface area contributed by atoms with E-state index in [0.717, 1.165) is 11.1 Å². The van der Waals surface area contributed by atoms with E-state index >= 15 is 0 Å². The predicted octanol–water partition coefficient (Wildman–Crippen LogP) is 6.40. The van der Waals surface area contributed by atoms with Gasteiger partial charge in [-0.2, -0.15) is 0 Å². The highest BCUT2D eigenvalue weighted by Crippen LogP contribution is 2.45. The minimum Gasteiger partial charge on any atom is -0.457 e. The molecule has 4 aliphatic rings. The molecule has 14 nitrogen and oxygen atoms in total. The Balaban J connectivity index is 1.34. The van der Waals surface area contributed by atoms with Crippen LogP contribution in [0, 0.1) is 0 Å². The van der Waals surface area contributed by atoms with Gasteiger partial charge in [-0.25, -0.2) is 0 Å². The maximum atomic E-state index is 14.7. The molecule has 0 unspecified atom stereocenters. The molecule has 4 heterocycles. The summed E-state index contributed by atoms with van der Waals surface area (Å²) in [6, 6.07) is 23.7. The van der Waals surface area contributed by atoms with Gasteiger partial charge in [-0.15, -0.1) is 11.8 Å². The number of carbonyl (C=O) groups is 4. The molecule has 7 rings (SSSR count). The summed E-state index contributed by atoms with van der Waals surface area (Å²) >= 11 is 1.43. The van der Waals surface area contributed by atoms with Crippen molar-refractivity contribution in [3.8, 4) is 0 Å². The third-order valence-electron chi connectivity index (χ3n) is 12.1. The molecule has 0 radical (unpaired) electrons. The number of esters is 1. The summed E-state index contributed by atoms with van der Waals surface area (Å²) in [6.07, 6.45) is -8.06. The number of ether oxygens (including phenoxy) is 7. The fraction of sp³-hybridized carbons (Fsp3) is 0.522. The van der Waals surface area contributed by atoms with Gasteiger partial charge in [0, 0.05) is 19.4 Å². The average Bonchev–Trinajstić information content (AvgIpc) is 3.48. The van der Waals surface area contributed by atoms with Gasteiger partial charge in [0.1, 0.15) is 41.9 Å². The summed E-state index contributed by atoms with van der Waals surface area (Å²) in [5, 5.41) is 2.64. The highest BCUT2D eigenvalue weighted by atomic mass is 32.2. The second-order valence-electron chi connectivity index (χ2n) is 17.5. The van der Waals surface area contributed by atoms with Crippen molar-refractivity contribution in [2.24, 2.45) is 0 Å². The van der Waals surface area contributed by atoms with E-state index in [-0.39, 0.29) is 41.9 Å². The Morgan fingerprint density at radius 3 is 2.08 bits per heavy atom. The monoisotopic (exact) mass is 890 g/mol. The van der Waals surface area contributed by atoms with Crippen molar-refractivity contribution in [2.45, 2.75) is 133 Å². The Morgan fingerprint density at radius 1 is 0.855 bits per heavy atom. The minimum atomic E-state index is -2.76. The normalized spacial score (nSPS) is 30.1. The van der Waals surface area contributed by atoms with Gasteiger partial charge in [-0.1, -0.05) is 100 Å². The molecule has 1 N–H and O–H groups in total. The molecule has 3 amide bonds. The summed E-state index contributed by atoms with van der Waals surface area (Å²) < 4.78 is 53.6. The molecule has 0 aliphatic carbocycles. The third kappa shape index (κ3) is 9.88. The van der Waals surface area contributed by atoms with Crippen molar-refractivity contribution >= 4 is 43.8 Å². The number of fused-ring (bicyclic) bond motifs is 2. The topological polar surface area (TPSA) is 157 Å². The maximum absolute atomic E-state index is 14.7. The number of nitrogens with zero attached hydrogens (tertiary/aromatic N) is 1. The first-order chi connectivity index (χ1) is 29.6. The number of hydrogen-bond acceptors (Lipinski definition) is 13. The molecular weight excluding hydrogens is 833 g/mol. The van der Waals surface area contributed by atoms with Gasteiger partial charge in [0.15, 0.2) is 27.0 Å². The Morgan fingerprint density at radius 2 is 1.48 bits per heavy atom. The summed E-state index contributed by atoms with van der Waals surface area (Å²) in [7, 11) is -2.76. The first kappa shape index (κ1) is 46.0. The van der Waals surface area contributed by atoms with Crippen LogP contribution >= 0.6 is 11.8 Å². The molecule has 4 aliphatic heterocycles. The van der Waals surface area contributed by atoms with Crippen molar-refractivity contribution in [2.75, 3.05) is 19.0 Å². The van der Waals surface area contributed by atoms with E-state index in [2.05, 4.69) is 39.2 Å². The van der Waals surface area contributed by atoms with Crippen molar-refractivity contribution in [1.29, 1.82) is 0 Å². The molecule has 0 bridgehead atoms. The second kappa shape index (κ2) is 19.4. The van der Waals surface area contributed by atoms with E-state index in [9.17, 15) is 19.2 Å². The highest BCUT2D eigenvalue weighted by Gasteiger charge is 2.61. The summed E-state index contributed by atoms with van der Waals surface area (Å²) in [5.74, 6) is -1.47. The SMILES string of the molecule is CCS[C@@H]1O[C@H](COCc2ccccc2)[C@H](O[C@@H]2O[C@@H]3CO[C@H](c4ccccc4)O[C@@H]3[C@H](O[Si](C)(C)C(C)(C)C)[C@H]2N2C(=O)c3ccccc3C2=O)[C@H](OC(C)=O)[C@H]1NC(C)=O. The van der Waals surface area contributed by atoms with E-state index in [0.29, 0.717) is 5.75 Å². The number of amides is 3. The van der Waals surface area contributed by atoms with Crippen LogP contribution in [0.1, 0.15) is 79.7 Å². The van der Waals surface area contributed by atoms with Gasteiger partial charge in [0.2, 0.25) is 5.91 Å². The highest BCUT2D eigenvalue weighted by molar-refractivity contribution is 7.99. The number of rotatable bonds is 14. The van der Waals surface area contributed by atoms with E-state index in [1.807, 2.05) is 67.6 Å². The Bertz CT molecular complexity index is 2020. The lowest BCUT2D eigenvalue weighted by Crippen LogP contribution is -2.72. The van der Waals surface area contributed by atoms with Gasteiger partial charge < -0.3 is 42.9 Å². The van der Waals surface area contributed by atoms with Crippen LogP contribution in [0.2, 0.25) is 18.1 Å². The molecule has 334 valence electrons. The average molecular weight is 891 g/mol.